The van der Waals surface area contributed by atoms with Gasteiger partial charge in [-0.2, -0.15) is 4.98 Å². The van der Waals surface area contributed by atoms with Crippen LogP contribution in [0.5, 0.6) is 5.88 Å². The number of carboxylic acid groups (broad SMARTS) is 3. The van der Waals surface area contributed by atoms with Crippen LogP contribution in [-0.4, -0.2) is 72.2 Å². The summed E-state index contributed by atoms with van der Waals surface area (Å²) in [6.45, 7) is 0. The molecule has 0 saturated carbocycles. The number of aromatic amines is 1. The maximum Gasteiger partial charge on any atom is 0.326 e. The second-order valence-electron chi connectivity index (χ2n) is 9.44. The Morgan fingerprint density at radius 2 is 1.49 bits per heavy atom. The van der Waals surface area contributed by atoms with Gasteiger partial charge < -0.3 is 41.8 Å². The Balaban J connectivity index is 1.49. The Morgan fingerprint density at radius 3 is 2.12 bits per heavy atom. The molecule has 2 atom stereocenters. The number of fused-ring (bicyclic) bond motifs is 1. The summed E-state index contributed by atoms with van der Waals surface area (Å²) in [6.07, 6.45) is 0.596. The molecule has 14 nitrogen and oxygen atoms in total. The number of nitrogens with zero attached hydrogens (tertiary/aromatic N) is 1. The van der Waals surface area contributed by atoms with Gasteiger partial charge in [0.1, 0.15) is 12.1 Å². The summed E-state index contributed by atoms with van der Waals surface area (Å²) in [7, 11) is 0. The van der Waals surface area contributed by atoms with Crippen molar-refractivity contribution in [3.63, 3.8) is 0 Å². The summed E-state index contributed by atoms with van der Waals surface area (Å²) >= 11 is 0. The number of rotatable bonds is 15. The number of nitrogens with one attached hydrogen (secondary N) is 3. The number of aliphatic carboxylic acids is 3. The summed E-state index contributed by atoms with van der Waals surface area (Å²) in [5.41, 5.74) is 9.02. The molecule has 2 amide bonds. The van der Waals surface area contributed by atoms with Crippen molar-refractivity contribution in [2.45, 2.75) is 57.0 Å². The minimum atomic E-state index is -1.43. The Bertz CT molecular complexity index is 1390. The third-order valence-corrected chi connectivity index (χ3v) is 6.43. The lowest BCUT2D eigenvalue weighted by atomic mass is 10.0. The van der Waals surface area contributed by atoms with E-state index in [1.165, 1.54) is 0 Å². The van der Waals surface area contributed by atoms with Crippen LogP contribution in [0.1, 0.15) is 53.6 Å². The number of aromatic hydroxyl groups is 1. The van der Waals surface area contributed by atoms with Crippen molar-refractivity contribution in [2.75, 3.05) is 5.73 Å². The molecule has 9 N–H and O–H groups in total. The first-order valence-corrected chi connectivity index (χ1v) is 12.8. The molecule has 1 aromatic rings. The number of carbonyl (C=O) groups excluding carboxylic acids is 2. The molecule has 0 unspecified atom stereocenters. The van der Waals surface area contributed by atoms with Crippen LogP contribution in [0.2, 0.25) is 0 Å². The molecule has 0 radical (unpaired) electrons. The van der Waals surface area contributed by atoms with Crippen LogP contribution in [-0.2, 0) is 32.0 Å². The smallest absolute Gasteiger partial charge is 0.326 e. The normalized spacial score (nSPS) is 12.4. The summed E-state index contributed by atoms with van der Waals surface area (Å²) in [6, 6.07) is 7.48. The molecule has 1 heterocycles. The predicted molar refractivity (Wildman–Crippen MR) is 144 cm³/mol. The fourth-order valence-corrected chi connectivity index (χ4v) is 4.31. The molecular weight excluding hydrogens is 538 g/mol. The summed E-state index contributed by atoms with van der Waals surface area (Å²) in [4.78, 5) is 65.0. The van der Waals surface area contributed by atoms with E-state index in [-0.39, 0.29) is 30.2 Å². The third-order valence-electron chi connectivity index (χ3n) is 6.43. The lowest BCUT2D eigenvalue weighted by molar-refractivity contribution is -0.143. The number of amides is 2. The number of carbonyl (C=O) groups is 5. The van der Waals surface area contributed by atoms with Gasteiger partial charge in [0.2, 0.25) is 17.7 Å². The topological polar surface area (TPSA) is 245 Å². The zero-order valence-corrected chi connectivity index (χ0v) is 21.9. The zero-order chi connectivity index (χ0) is 30.1. The summed E-state index contributed by atoms with van der Waals surface area (Å²) in [5.74, 6) is -5.45. The van der Waals surface area contributed by atoms with Crippen LogP contribution < -0.4 is 16.4 Å². The molecule has 0 aromatic heterocycles. The molecule has 14 heteroatoms. The first-order chi connectivity index (χ1) is 19.4. The van der Waals surface area contributed by atoms with Crippen LogP contribution in [0.25, 0.3) is 11.3 Å². The molecule has 218 valence electrons. The van der Waals surface area contributed by atoms with Crippen molar-refractivity contribution in [1.29, 1.82) is 0 Å². The van der Waals surface area contributed by atoms with Gasteiger partial charge in [-0.25, -0.2) is 9.59 Å². The van der Waals surface area contributed by atoms with Gasteiger partial charge >= 0.3 is 17.9 Å². The van der Waals surface area contributed by atoms with E-state index in [2.05, 4.69) is 20.6 Å². The Hall–Kier alpha value is -5.14. The summed E-state index contributed by atoms with van der Waals surface area (Å²) in [5, 5.41) is 42.0. The lowest BCUT2D eigenvalue weighted by Crippen LogP contribution is -2.44. The minimum absolute atomic E-state index is 0.121. The number of anilines is 1. The van der Waals surface area contributed by atoms with Crippen LogP contribution in [0, 0.1) is 0 Å². The van der Waals surface area contributed by atoms with Crippen LogP contribution in [0.3, 0.4) is 0 Å². The largest absolute Gasteiger partial charge is 0.493 e. The van der Waals surface area contributed by atoms with Crippen molar-refractivity contribution in [1.82, 2.24) is 20.6 Å². The molecule has 41 heavy (non-hydrogen) atoms. The standard InChI is InChI=1S/C27H31N5O9/c28-27-31-17-9-8-15(22(17)24(37)32-27)3-1-2-14-4-6-16(7-5-14)23(36)30-19(26(40)41)10-12-20(33)29-18(25(38)39)11-13-21(34)35/h4-9,18-19,37H,1-3,10-13H2,(H,29,33)(H,30,36)(H,34,35)(H,38,39)(H,40,41)(H3,28,31,32)/t18-,19-/m0/s1. The van der Waals surface area contributed by atoms with Gasteiger partial charge in [-0.05, 0) is 61.4 Å². The van der Waals surface area contributed by atoms with Crippen LogP contribution >= 0.6 is 0 Å². The van der Waals surface area contributed by atoms with Crippen molar-refractivity contribution >= 4 is 35.7 Å². The molecule has 0 bridgehead atoms. The van der Waals surface area contributed by atoms with Crippen LogP contribution in [0.15, 0.2) is 36.4 Å². The molecule has 0 spiro atoms. The van der Waals surface area contributed by atoms with E-state index in [4.69, 9.17) is 15.9 Å². The van der Waals surface area contributed by atoms with E-state index < -0.39 is 54.6 Å². The predicted octanol–water partition coefficient (Wildman–Crippen LogP) is 1.38. The number of hydrogen-bond acceptors (Lipinski definition) is 8. The number of aryl methyl sites for hydroxylation is 2. The van der Waals surface area contributed by atoms with Gasteiger partial charge in [-0.15, -0.1) is 0 Å². The number of aromatic nitrogens is 2. The third kappa shape index (κ3) is 8.68. The first-order valence-electron chi connectivity index (χ1n) is 12.8. The number of nitrogens with two attached hydrogens (primary N) is 1. The van der Waals surface area contributed by atoms with E-state index in [0.29, 0.717) is 24.1 Å². The maximum absolute atomic E-state index is 12.6. The summed E-state index contributed by atoms with van der Waals surface area (Å²) < 4.78 is 0. The van der Waals surface area contributed by atoms with Crippen molar-refractivity contribution < 1.29 is 44.4 Å². The molecular formula is C27H31N5O9. The van der Waals surface area contributed by atoms with Gasteiger partial charge in [-0.1, -0.05) is 18.2 Å². The molecule has 2 aliphatic rings. The van der Waals surface area contributed by atoms with Gasteiger partial charge in [0.05, 0.1) is 11.3 Å². The number of hydrogen-bond donors (Lipinski definition) is 8. The average molecular weight is 570 g/mol. The monoisotopic (exact) mass is 569 g/mol. The fourth-order valence-electron chi connectivity index (χ4n) is 4.31. The average Bonchev–Trinajstić information content (AvgIpc) is 3.31. The molecule has 1 aliphatic carbocycles. The highest BCUT2D eigenvalue weighted by Gasteiger charge is 2.25. The van der Waals surface area contributed by atoms with E-state index in [1.54, 1.807) is 24.3 Å². The Labute approximate surface area is 233 Å². The van der Waals surface area contributed by atoms with Gasteiger partial charge in [0.25, 0.3) is 5.91 Å². The van der Waals surface area contributed by atoms with Gasteiger partial charge in [0.15, 0.2) is 0 Å². The highest BCUT2D eigenvalue weighted by atomic mass is 16.4. The quantitative estimate of drug-likeness (QED) is 0.130. The Kier molecular flexibility index (Phi) is 10.2. The molecule has 3 rings (SSSR count). The highest BCUT2D eigenvalue weighted by Crippen LogP contribution is 2.34. The maximum atomic E-state index is 12.6. The SMILES string of the molecule is Nc1nc(O)c2c(CCCc3ccc(C(=O)N[C@@H](CCC(=O)N[C@@H](CCC(=O)O)C(=O)O)C(=O)O)cc3)ccc-2[nH]1. The van der Waals surface area contributed by atoms with Crippen molar-refractivity contribution in [3.8, 4) is 17.1 Å². The van der Waals surface area contributed by atoms with Gasteiger partial charge in [0, 0.05) is 18.4 Å². The zero-order valence-electron chi connectivity index (χ0n) is 21.9. The molecule has 1 aliphatic heterocycles. The fraction of sp³-hybridized carbons (Fsp3) is 0.333. The van der Waals surface area contributed by atoms with Crippen molar-refractivity contribution in [3.05, 3.63) is 53.1 Å². The van der Waals surface area contributed by atoms with Gasteiger partial charge in [-0.3, -0.25) is 14.4 Å². The highest BCUT2D eigenvalue weighted by molar-refractivity contribution is 5.96. The number of nitrogen functional groups attached to an aromatic ring is 1. The molecule has 0 fully saturated rings. The first kappa shape index (κ1) is 30.4. The molecule has 1 aromatic carbocycles. The van der Waals surface area contributed by atoms with E-state index in [1.807, 2.05) is 12.1 Å². The number of benzene rings is 1. The lowest BCUT2D eigenvalue weighted by Gasteiger charge is -2.16. The molecule has 0 saturated heterocycles. The Morgan fingerprint density at radius 1 is 0.854 bits per heavy atom. The van der Waals surface area contributed by atoms with E-state index >= 15 is 0 Å². The second kappa shape index (κ2) is 13.8. The number of H-pyrrole nitrogens is 1. The number of carboxylic acids is 3. The van der Waals surface area contributed by atoms with Crippen LogP contribution in [0.4, 0.5) is 5.95 Å². The van der Waals surface area contributed by atoms with Crippen molar-refractivity contribution in [2.24, 2.45) is 0 Å². The minimum Gasteiger partial charge on any atom is -0.493 e. The second-order valence-corrected chi connectivity index (χ2v) is 9.44. The van der Waals surface area contributed by atoms with E-state index in [9.17, 15) is 34.2 Å². The van der Waals surface area contributed by atoms with E-state index in [0.717, 1.165) is 17.5 Å².